The Morgan fingerprint density at radius 3 is 2.55 bits per heavy atom. The maximum absolute atomic E-state index is 12.9. The summed E-state index contributed by atoms with van der Waals surface area (Å²) in [7, 11) is -3.33. The quantitative estimate of drug-likeness (QED) is 0.652. The fourth-order valence-electron chi connectivity index (χ4n) is 4.56. The first-order valence-corrected chi connectivity index (χ1v) is 12.9. The van der Waals surface area contributed by atoms with Gasteiger partial charge in [0.1, 0.15) is 0 Å². The van der Waals surface area contributed by atoms with Gasteiger partial charge in [-0.05, 0) is 60.5 Å². The number of amides is 2. The van der Waals surface area contributed by atoms with Crippen LogP contribution in [0, 0.1) is 6.92 Å². The van der Waals surface area contributed by atoms with Gasteiger partial charge in [0.15, 0.2) is 9.84 Å². The van der Waals surface area contributed by atoms with E-state index < -0.39 is 20.6 Å². The Morgan fingerprint density at radius 1 is 1.26 bits per heavy atom. The molecule has 7 nitrogen and oxygen atoms in total. The number of halogens is 1. The number of nitrogen functional groups attached to an aromatic ring is 1. The Kier molecular flexibility index (Phi) is 5.78. The highest BCUT2D eigenvalue weighted by molar-refractivity contribution is 7.94. The van der Waals surface area contributed by atoms with E-state index in [-0.39, 0.29) is 24.0 Å². The Morgan fingerprint density at radius 2 is 1.97 bits per heavy atom. The van der Waals surface area contributed by atoms with Gasteiger partial charge in [0.25, 0.3) is 5.91 Å². The summed E-state index contributed by atoms with van der Waals surface area (Å²) in [6, 6.07) is 6.51. The summed E-state index contributed by atoms with van der Waals surface area (Å²) in [4.78, 5) is 27.0. The molecule has 166 valence electrons. The number of carbonyl (C=O) groups is 2. The van der Waals surface area contributed by atoms with Gasteiger partial charge in [-0.2, -0.15) is 0 Å². The maximum atomic E-state index is 12.9. The number of anilines is 1. The Labute approximate surface area is 190 Å². The van der Waals surface area contributed by atoms with Gasteiger partial charge in [-0.1, -0.05) is 11.6 Å². The first-order valence-electron chi connectivity index (χ1n) is 10.0. The number of likely N-dealkylation sites (tertiary alicyclic amines) is 1. The molecule has 2 amide bonds. The van der Waals surface area contributed by atoms with Crippen LogP contribution < -0.4 is 11.1 Å². The highest BCUT2D eigenvalue weighted by Crippen LogP contribution is 2.43. The monoisotopic (exact) mass is 481 g/mol. The van der Waals surface area contributed by atoms with E-state index in [9.17, 15) is 18.0 Å². The van der Waals surface area contributed by atoms with Crippen LogP contribution in [0.25, 0.3) is 0 Å². The summed E-state index contributed by atoms with van der Waals surface area (Å²) in [5, 5.41) is 4.72. The SMILES string of the molecule is Cc1cc(N)cc(C(=O)N2CCC3(CC2)C(NC(=O)Cc2csc(Cl)c2)CS3(=O)=O)c1. The van der Waals surface area contributed by atoms with Gasteiger partial charge in [-0.25, -0.2) is 8.42 Å². The van der Waals surface area contributed by atoms with Gasteiger partial charge in [-0.15, -0.1) is 11.3 Å². The van der Waals surface area contributed by atoms with E-state index in [2.05, 4.69) is 5.32 Å². The molecule has 2 aliphatic heterocycles. The molecule has 1 atom stereocenters. The van der Waals surface area contributed by atoms with Crippen molar-refractivity contribution in [3.05, 3.63) is 50.7 Å². The molecule has 1 spiro atoms. The molecule has 2 saturated heterocycles. The molecule has 31 heavy (non-hydrogen) atoms. The van der Waals surface area contributed by atoms with Crippen molar-refractivity contribution in [1.29, 1.82) is 0 Å². The molecule has 0 aliphatic carbocycles. The first kappa shape index (κ1) is 22.1. The van der Waals surface area contributed by atoms with Crippen LogP contribution in [0.15, 0.2) is 29.6 Å². The number of rotatable bonds is 4. The lowest BCUT2D eigenvalue weighted by atomic mass is 9.87. The third kappa shape index (κ3) is 4.18. The molecule has 1 aromatic carbocycles. The minimum absolute atomic E-state index is 0.0640. The van der Waals surface area contributed by atoms with E-state index in [4.69, 9.17) is 17.3 Å². The second kappa shape index (κ2) is 8.11. The number of hydrogen-bond acceptors (Lipinski definition) is 6. The van der Waals surface area contributed by atoms with Crippen molar-refractivity contribution < 1.29 is 18.0 Å². The number of carbonyl (C=O) groups excluding carboxylic acids is 2. The lowest BCUT2D eigenvalue weighted by molar-refractivity contribution is -0.121. The Hall–Kier alpha value is -2.10. The lowest BCUT2D eigenvalue weighted by Crippen LogP contribution is -2.72. The van der Waals surface area contributed by atoms with E-state index >= 15 is 0 Å². The summed E-state index contributed by atoms with van der Waals surface area (Å²) in [5.74, 6) is -0.440. The third-order valence-electron chi connectivity index (χ3n) is 6.21. The van der Waals surface area contributed by atoms with E-state index in [1.165, 1.54) is 11.3 Å². The normalized spacial score (nSPS) is 21.5. The maximum Gasteiger partial charge on any atom is 0.253 e. The highest BCUT2D eigenvalue weighted by atomic mass is 35.5. The second-order valence-corrected chi connectivity index (χ2v) is 12.2. The van der Waals surface area contributed by atoms with Crippen LogP contribution >= 0.6 is 22.9 Å². The number of piperidine rings is 1. The molecule has 3 N–H and O–H groups in total. The van der Waals surface area contributed by atoms with Crippen LogP contribution in [-0.4, -0.2) is 54.8 Å². The molecular formula is C21H24ClN3O4S2. The molecule has 0 bridgehead atoms. The van der Waals surface area contributed by atoms with Crippen molar-refractivity contribution in [1.82, 2.24) is 10.2 Å². The number of sulfone groups is 1. The number of aryl methyl sites for hydroxylation is 1. The van der Waals surface area contributed by atoms with Crippen LogP contribution in [0.1, 0.15) is 34.3 Å². The second-order valence-electron chi connectivity index (χ2n) is 8.33. The molecule has 0 saturated carbocycles. The zero-order valence-corrected chi connectivity index (χ0v) is 19.4. The van der Waals surface area contributed by atoms with Gasteiger partial charge in [-0.3, -0.25) is 9.59 Å². The van der Waals surface area contributed by atoms with Crippen molar-refractivity contribution >= 4 is 50.3 Å². The average Bonchev–Trinajstić information content (AvgIpc) is 3.10. The highest BCUT2D eigenvalue weighted by Gasteiger charge is 2.61. The van der Waals surface area contributed by atoms with Crippen LogP contribution in [0.3, 0.4) is 0 Å². The van der Waals surface area contributed by atoms with Crippen molar-refractivity contribution in [3.8, 4) is 0 Å². The molecule has 2 aromatic rings. The van der Waals surface area contributed by atoms with E-state index in [0.29, 0.717) is 41.5 Å². The fraction of sp³-hybridized carbons (Fsp3) is 0.429. The zero-order chi connectivity index (χ0) is 22.4. The summed E-state index contributed by atoms with van der Waals surface area (Å²) in [6.45, 7) is 2.51. The summed E-state index contributed by atoms with van der Waals surface area (Å²) in [5.41, 5.74) is 8.59. The number of benzene rings is 1. The van der Waals surface area contributed by atoms with Gasteiger partial charge >= 0.3 is 0 Å². The average molecular weight is 482 g/mol. The number of nitrogens with two attached hydrogens (primary N) is 1. The molecule has 3 heterocycles. The van der Waals surface area contributed by atoms with Gasteiger partial charge in [0.05, 0.1) is 27.3 Å². The van der Waals surface area contributed by atoms with Gasteiger partial charge in [0, 0.05) is 24.3 Å². The van der Waals surface area contributed by atoms with Gasteiger partial charge < -0.3 is 16.0 Å². The topological polar surface area (TPSA) is 110 Å². The third-order valence-corrected chi connectivity index (χ3v) is 10.0. The molecule has 4 rings (SSSR count). The molecule has 1 unspecified atom stereocenters. The van der Waals surface area contributed by atoms with Crippen LogP contribution in [0.4, 0.5) is 5.69 Å². The molecular weight excluding hydrogens is 458 g/mol. The number of hydrogen-bond donors (Lipinski definition) is 2. The predicted molar refractivity (Wildman–Crippen MR) is 122 cm³/mol. The standard InChI is InChI=1S/C21H24ClN3O4S2/c1-13-6-15(10-16(23)7-13)20(27)25-4-2-21(3-5-25)17(12-31(21,28)29)24-19(26)9-14-8-18(22)30-11-14/h6-8,10-11,17H,2-5,9,12,23H2,1H3,(H,24,26). The summed E-state index contributed by atoms with van der Waals surface area (Å²) < 4.78 is 25.0. The Balaban J connectivity index is 1.42. The number of nitrogens with one attached hydrogen (secondary N) is 1. The summed E-state index contributed by atoms with van der Waals surface area (Å²) in [6.07, 6.45) is 0.768. The van der Waals surface area contributed by atoms with Gasteiger partial charge in [0.2, 0.25) is 5.91 Å². The molecule has 2 aliphatic rings. The number of nitrogens with zero attached hydrogens (tertiary/aromatic N) is 1. The first-order chi connectivity index (χ1) is 14.6. The molecule has 10 heteroatoms. The van der Waals surface area contributed by atoms with Crippen molar-refractivity contribution in [2.24, 2.45) is 0 Å². The smallest absolute Gasteiger partial charge is 0.253 e. The van der Waals surface area contributed by atoms with E-state index in [0.717, 1.165) is 11.1 Å². The van der Waals surface area contributed by atoms with E-state index in [1.54, 1.807) is 29.2 Å². The predicted octanol–water partition coefficient (Wildman–Crippen LogP) is 2.42. The largest absolute Gasteiger partial charge is 0.399 e. The van der Waals surface area contributed by atoms with Crippen LogP contribution in [-0.2, 0) is 21.1 Å². The fourth-order valence-corrected chi connectivity index (χ4v) is 7.73. The number of thiophene rings is 1. The molecule has 0 radical (unpaired) electrons. The van der Waals surface area contributed by atoms with Crippen molar-refractivity contribution in [2.75, 3.05) is 24.6 Å². The van der Waals surface area contributed by atoms with Crippen molar-refractivity contribution in [2.45, 2.75) is 37.0 Å². The summed E-state index contributed by atoms with van der Waals surface area (Å²) >= 11 is 7.26. The van der Waals surface area contributed by atoms with E-state index in [1.807, 2.05) is 12.3 Å². The minimum Gasteiger partial charge on any atom is -0.399 e. The van der Waals surface area contributed by atoms with Crippen molar-refractivity contribution in [3.63, 3.8) is 0 Å². The molecule has 2 fully saturated rings. The lowest BCUT2D eigenvalue weighted by Gasteiger charge is -2.52. The van der Waals surface area contributed by atoms with Crippen LogP contribution in [0.5, 0.6) is 0 Å². The molecule has 1 aromatic heterocycles. The minimum atomic E-state index is -3.33. The Bertz CT molecular complexity index is 1120. The van der Waals surface area contributed by atoms with Crippen LogP contribution in [0.2, 0.25) is 4.34 Å². The zero-order valence-electron chi connectivity index (χ0n) is 17.1.